The second kappa shape index (κ2) is 13.7. The Labute approximate surface area is 261 Å². The van der Waals surface area contributed by atoms with Crippen LogP contribution in [0, 0.1) is 5.41 Å². The number of alkyl halides is 3. The second-order valence-corrected chi connectivity index (χ2v) is 12.9. The third-order valence-corrected chi connectivity index (χ3v) is 8.49. The number of hydrogen-bond donors (Lipinski definition) is 1. The van der Waals surface area contributed by atoms with Gasteiger partial charge in [-0.15, -0.1) is 0 Å². The lowest BCUT2D eigenvalue weighted by Crippen LogP contribution is -2.50. The van der Waals surface area contributed by atoms with E-state index in [2.05, 4.69) is 9.88 Å². The van der Waals surface area contributed by atoms with Crippen LogP contribution >= 0.6 is 11.6 Å². The molecule has 240 valence electrons. The Bertz CT molecular complexity index is 1440. The fourth-order valence-electron chi connectivity index (χ4n) is 5.28. The molecule has 1 N–H and O–H groups in total. The quantitative estimate of drug-likeness (QED) is 0.239. The van der Waals surface area contributed by atoms with Gasteiger partial charge in [0.2, 0.25) is 5.95 Å². The highest BCUT2D eigenvalue weighted by atomic mass is 35.5. The first-order chi connectivity index (χ1) is 20.7. The number of nitrogens with one attached hydrogen (secondary N) is 1. The number of carbonyl (C=O) groups excluding carboxylic acids is 2. The van der Waals surface area contributed by atoms with Gasteiger partial charge in [-0.3, -0.25) is 4.79 Å². The van der Waals surface area contributed by atoms with Crippen molar-refractivity contribution in [3.05, 3.63) is 53.1 Å². The molecule has 0 saturated carbocycles. The number of unbranched alkanes of at least 4 members (excludes halogenated alkanes) is 1. The summed E-state index contributed by atoms with van der Waals surface area (Å²) in [5, 5.41) is 3.96. The maximum absolute atomic E-state index is 13.6. The number of halogens is 4. The van der Waals surface area contributed by atoms with Crippen molar-refractivity contribution in [1.29, 1.82) is 0 Å². The Kier molecular flexibility index (Phi) is 10.4. The smallest absolute Gasteiger partial charge is 0.449 e. The van der Waals surface area contributed by atoms with E-state index in [0.29, 0.717) is 54.6 Å². The van der Waals surface area contributed by atoms with E-state index in [0.717, 1.165) is 28.9 Å². The average Bonchev–Trinajstić information content (AvgIpc) is 3.32. The molecule has 0 radical (unpaired) electrons. The van der Waals surface area contributed by atoms with Gasteiger partial charge in [-0.05, 0) is 73.6 Å². The molecule has 2 heterocycles. The minimum atomic E-state index is -4.99. The Hall–Kier alpha value is -3.47. The highest BCUT2D eigenvalue weighted by Crippen LogP contribution is 2.35. The van der Waals surface area contributed by atoms with Crippen LogP contribution in [0.1, 0.15) is 71.9 Å². The summed E-state index contributed by atoms with van der Waals surface area (Å²) in [6.07, 6.45) is -2.19. The molecule has 44 heavy (non-hydrogen) atoms. The van der Waals surface area contributed by atoms with Gasteiger partial charge in [0.1, 0.15) is 0 Å². The van der Waals surface area contributed by atoms with E-state index in [9.17, 15) is 22.8 Å². The molecule has 1 fully saturated rings. The highest BCUT2D eigenvalue weighted by Gasteiger charge is 2.45. The van der Waals surface area contributed by atoms with Crippen molar-refractivity contribution in [1.82, 2.24) is 19.4 Å². The molecule has 4 rings (SSSR count). The number of piperidine rings is 1. The van der Waals surface area contributed by atoms with Crippen LogP contribution in [0.25, 0.3) is 11.0 Å². The van der Waals surface area contributed by atoms with Crippen LogP contribution in [0.3, 0.4) is 0 Å². The minimum absolute atomic E-state index is 0.00422. The highest BCUT2D eigenvalue weighted by molar-refractivity contribution is 6.30. The molecule has 1 atom stereocenters. The topological polar surface area (TPSA) is 79.7 Å². The number of carbonyl (C=O) groups is 2. The van der Waals surface area contributed by atoms with Crippen molar-refractivity contribution in [2.24, 2.45) is 5.41 Å². The first kappa shape index (κ1) is 33.4. The van der Waals surface area contributed by atoms with E-state index >= 15 is 0 Å². The van der Waals surface area contributed by atoms with Gasteiger partial charge < -0.3 is 24.4 Å². The van der Waals surface area contributed by atoms with Crippen LogP contribution in [-0.4, -0.2) is 63.3 Å². The minimum Gasteiger partial charge on any atom is -0.449 e. The molecule has 3 aromatic rings. The lowest BCUT2D eigenvalue weighted by molar-refractivity contribution is -0.190. The van der Waals surface area contributed by atoms with Crippen molar-refractivity contribution in [2.75, 3.05) is 25.0 Å². The zero-order valence-electron chi connectivity index (χ0n) is 25.9. The summed E-state index contributed by atoms with van der Waals surface area (Å²) < 4.78 is 48.3. The number of rotatable bonds is 9. The lowest BCUT2D eigenvalue weighted by atomic mass is 9.86. The largest absolute Gasteiger partial charge is 0.471 e. The molecular formula is C32H41ClF3N5O3. The monoisotopic (exact) mass is 635 g/mol. The van der Waals surface area contributed by atoms with E-state index in [-0.39, 0.29) is 18.7 Å². The Morgan fingerprint density at radius 3 is 2.36 bits per heavy atom. The molecule has 0 bridgehead atoms. The normalized spacial score (nSPS) is 15.3. The van der Waals surface area contributed by atoms with Crippen molar-refractivity contribution in [3.8, 4) is 0 Å². The predicted octanol–water partition coefficient (Wildman–Crippen LogP) is 8.33. The Balaban J connectivity index is 1.65. The molecular weight excluding hydrogens is 595 g/mol. The van der Waals surface area contributed by atoms with E-state index in [4.69, 9.17) is 21.3 Å². The number of aromatic nitrogens is 2. The second-order valence-electron chi connectivity index (χ2n) is 12.4. The molecule has 1 aliphatic heterocycles. The number of nitrogens with zero attached hydrogens (tertiary/aromatic N) is 4. The van der Waals surface area contributed by atoms with Gasteiger partial charge in [0.15, 0.2) is 0 Å². The maximum atomic E-state index is 13.6. The molecule has 1 saturated heterocycles. The fourth-order valence-corrected chi connectivity index (χ4v) is 5.40. The number of fused-ring (bicyclic) bond motifs is 1. The summed E-state index contributed by atoms with van der Waals surface area (Å²) in [7, 11) is 0. The third-order valence-electron chi connectivity index (χ3n) is 8.24. The number of benzene rings is 2. The summed E-state index contributed by atoms with van der Waals surface area (Å²) in [5.74, 6) is -1.30. The Morgan fingerprint density at radius 2 is 1.77 bits per heavy atom. The average molecular weight is 636 g/mol. The van der Waals surface area contributed by atoms with E-state index in [1.54, 1.807) is 36.1 Å². The third kappa shape index (κ3) is 7.97. The van der Waals surface area contributed by atoms with Gasteiger partial charge in [-0.25, -0.2) is 9.78 Å². The van der Waals surface area contributed by atoms with Crippen LogP contribution in [0.15, 0.2) is 42.5 Å². The summed E-state index contributed by atoms with van der Waals surface area (Å²) in [6, 6.07) is 11.9. The van der Waals surface area contributed by atoms with Crippen LogP contribution < -0.4 is 5.32 Å². The van der Waals surface area contributed by atoms with Gasteiger partial charge in [-0.2, -0.15) is 13.2 Å². The standard InChI is InChI=1S/C32H41ClF3N5O3/c1-6-7-18-44-30(43)39-16-14-25(15-17-39)41-27-13-8-22(20-40(21(2)31(3,4)5)28(42)32(34,35)36)19-26(27)38-29(41)37-24-11-9-23(33)10-12-24/h8-13,19,21,25H,6-7,14-18,20H2,1-5H3,(H,37,38). The molecule has 1 aromatic heterocycles. The van der Waals surface area contributed by atoms with Crippen LogP contribution in [0.2, 0.25) is 5.02 Å². The number of hydrogen-bond acceptors (Lipinski definition) is 5. The fraction of sp³-hybridized carbons (Fsp3) is 0.531. The maximum Gasteiger partial charge on any atom is 0.471 e. The molecule has 8 nitrogen and oxygen atoms in total. The van der Waals surface area contributed by atoms with Crippen molar-refractivity contribution in [3.63, 3.8) is 0 Å². The van der Waals surface area contributed by atoms with Crippen molar-refractivity contribution >= 4 is 46.3 Å². The molecule has 0 aliphatic carbocycles. The number of ether oxygens (including phenoxy) is 1. The first-order valence-electron chi connectivity index (χ1n) is 15.0. The zero-order chi connectivity index (χ0) is 32.2. The molecule has 2 amide bonds. The van der Waals surface area contributed by atoms with Crippen molar-refractivity contribution < 1.29 is 27.5 Å². The Morgan fingerprint density at radius 1 is 1.11 bits per heavy atom. The van der Waals surface area contributed by atoms with Crippen LogP contribution in [0.4, 0.5) is 29.6 Å². The van der Waals surface area contributed by atoms with E-state index in [1.165, 1.54) is 0 Å². The summed E-state index contributed by atoms with van der Waals surface area (Å²) >= 11 is 6.08. The van der Waals surface area contributed by atoms with Crippen LogP contribution in [0.5, 0.6) is 0 Å². The van der Waals surface area contributed by atoms with Gasteiger partial charge in [0.05, 0.1) is 17.6 Å². The number of imidazole rings is 1. The number of amides is 2. The van der Waals surface area contributed by atoms with E-state index < -0.39 is 23.5 Å². The lowest BCUT2D eigenvalue weighted by Gasteiger charge is -2.38. The summed E-state index contributed by atoms with van der Waals surface area (Å²) in [5.41, 5.74) is 2.12. The van der Waals surface area contributed by atoms with Gasteiger partial charge in [0, 0.05) is 42.4 Å². The molecule has 0 spiro atoms. The van der Waals surface area contributed by atoms with Gasteiger partial charge in [0.25, 0.3) is 0 Å². The first-order valence-corrected chi connectivity index (χ1v) is 15.4. The molecule has 1 unspecified atom stereocenters. The predicted molar refractivity (Wildman–Crippen MR) is 166 cm³/mol. The van der Waals surface area contributed by atoms with Crippen molar-refractivity contribution in [2.45, 2.75) is 85.1 Å². The summed E-state index contributed by atoms with van der Waals surface area (Å²) in [4.78, 5) is 32.5. The number of anilines is 2. The zero-order valence-corrected chi connectivity index (χ0v) is 26.6. The van der Waals surface area contributed by atoms with Gasteiger partial charge >= 0.3 is 18.2 Å². The molecule has 1 aliphatic rings. The summed E-state index contributed by atoms with van der Waals surface area (Å²) in [6.45, 7) is 10.3. The molecule has 2 aromatic carbocycles. The molecule has 12 heteroatoms. The van der Waals surface area contributed by atoms with Gasteiger partial charge in [-0.1, -0.05) is 51.8 Å². The SMILES string of the molecule is CCCCOC(=O)N1CCC(n2c(Nc3ccc(Cl)cc3)nc3cc(CN(C(=O)C(F)(F)F)C(C)C(C)(C)C)ccc32)CC1. The van der Waals surface area contributed by atoms with E-state index in [1.807, 2.05) is 45.9 Å². The number of likely N-dealkylation sites (tertiary alicyclic amines) is 1. The van der Waals surface area contributed by atoms with Crippen LogP contribution in [-0.2, 0) is 16.1 Å².